The van der Waals surface area contributed by atoms with Gasteiger partial charge in [0.05, 0.1) is 5.69 Å². The lowest BCUT2D eigenvalue weighted by molar-refractivity contribution is -0.125. The molecule has 1 amide bonds. The van der Waals surface area contributed by atoms with Gasteiger partial charge in [-0.05, 0) is 65.0 Å². The number of likely N-dealkylation sites (tertiary alicyclic amines) is 1. The molecule has 4 rings (SSSR count). The van der Waals surface area contributed by atoms with Gasteiger partial charge in [-0.1, -0.05) is 13.3 Å². The maximum Gasteiger partial charge on any atom is 0.223 e. The maximum atomic E-state index is 12.8. The van der Waals surface area contributed by atoms with E-state index >= 15 is 0 Å². The Bertz CT molecular complexity index is 901. The van der Waals surface area contributed by atoms with Gasteiger partial charge < -0.3 is 15.1 Å². The van der Waals surface area contributed by atoms with E-state index in [2.05, 4.69) is 51.7 Å². The van der Waals surface area contributed by atoms with E-state index in [4.69, 9.17) is 4.98 Å². The van der Waals surface area contributed by atoms with Crippen molar-refractivity contribution < 1.29 is 4.79 Å². The van der Waals surface area contributed by atoms with Crippen LogP contribution in [0.25, 0.3) is 10.9 Å². The maximum absolute atomic E-state index is 12.8. The lowest BCUT2D eigenvalue weighted by Crippen LogP contribution is -2.43. The molecule has 7 nitrogen and oxygen atoms in total. The van der Waals surface area contributed by atoms with Crippen LogP contribution in [0.2, 0.25) is 0 Å². The van der Waals surface area contributed by atoms with Crippen molar-refractivity contribution in [1.82, 2.24) is 25.0 Å². The molecule has 32 heavy (non-hydrogen) atoms. The Morgan fingerprint density at radius 2 is 1.97 bits per heavy atom. The van der Waals surface area contributed by atoms with Crippen molar-refractivity contribution in [3.05, 3.63) is 18.0 Å². The summed E-state index contributed by atoms with van der Waals surface area (Å²) in [6.07, 6.45) is 9.97. The second-order valence-electron chi connectivity index (χ2n) is 9.43. The van der Waals surface area contributed by atoms with Crippen LogP contribution >= 0.6 is 0 Å². The van der Waals surface area contributed by atoms with E-state index in [9.17, 15) is 4.79 Å². The number of piperidine rings is 2. The number of nitrogens with zero attached hydrogens (tertiary/aromatic N) is 5. The number of hydrogen-bond donors (Lipinski definition) is 1. The average Bonchev–Trinajstić information content (AvgIpc) is 3.18. The lowest BCUT2D eigenvalue weighted by atomic mass is 9.95. The van der Waals surface area contributed by atoms with Gasteiger partial charge in [0.1, 0.15) is 5.52 Å². The first-order valence-electron chi connectivity index (χ1n) is 12.7. The van der Waals surface area contributed by atoms with Crippen molar-refractivity contribution in [3.63, 3.8) is 0 Å². The van der Waals surface area contributed by atoms with Crippen LogP contribution in [0.1, 0.15) is 64.5 Å². The first-order valence-corrected chi connectivity index (χ1v) is 12.7. The van der Waals surface area contributed by atoms with Gasteiger partial charge in [-0.15, -0.1) is 0 Å². The van der Waals surface area contributed by atoms with Gasteiger partial charge in [-0.25, -0.2) is 4.98 Å². The molecule has 0 saturated carbocycles. The van der Waals surface area contributed by atoms with E-state index in [1.54, 1.807) is 0 Å². The zero-order valence-corrected chi connectivity index (χ0v) is 20.1. The third-order valence-electron chi connectivity index (χ3n) is 7.43. The second-order valence-corrected chi connectivity index (χ2v) is 9.43. The summed E-state index contributed by atoms with van der Waals surface area (Å²) in [6, 6.07) is 2.80. The molecule has 176 valence electrons. The van der Waals surface area contributed by atoms with Crippen LogP contribution in [0.15, 0.2) is 12.3 Å². The van der Waals surface area contributed by atoms with Crippen molar-refractivity contribution in [2.75, 3.05) is 37.6 Å². The van der Waals surface area contributed by atoms with Crippen LogP contribution < -0.4 is 10.2 Å². The third-order valence-corrected chi connectivity index (χ3v) is 7.43. The molecule has 4 heterocycles. The highest BCUT2D eigenvalue weighted by molar-refractivity contribution is 5.91. The fourth-order valence-corrected chi connectivity index (χ4v) is 5.54. The van der Waals surface area contributed by atoms with Gasteiger partial charge in [0.25, 0.3) is 0 Å². The SMILES string of the molecule is CC[C@H]1CCCCN1CCCNC(=O)C1CCN(c2nccc3c(C)nn(CC)c23)CC1. The minimum absolute atomic E-state index is 0.113. The van der Waals surface area contributed by atoms with Gasteiger partial charge in [0, 0.05) is 56.3 Å². The van der Waals surface area contributed by atoms with E-state index in [-0.39, 0.29) is 11.8 Å². The van der Waals surface area contributed by atoms with E-state index in [0.717, 1.165) is 75.1 Å². The Balaban J connectivity index is 1.26. The molecule has 1 atom stereocenters. The monoisotopic (exact) mass is 440 g/mol. The first kappa shape index (κ1) is 23.0. The third kappa shape index (κ3) is 4.92. The van der Waals surface area contributed by atoms with Crippen molar-refractivity contribution in [2.45, 2.75) is 78.3 Å². The van der Waals surface area contributed by atoms with Gasteiger partial charge >= 0.3 is 0 Å². The largest absolute Gasteiger partial charge is 0.356 e. The number of aryl methyl sites for hydroxylation is 2. The minimum atomic E-state index is 0.113. The van der Waals surface area contributed by atoms with Crippen LogP contribution in [0.3, 0.4) is 0 Å². The highest BCUT2D eigenvalue weighted by Crippen LogP contribution is 2.30. The van der Waals surface area contributed by atoms with Crippen molar-refractivity contribution in [2.24, 2.45) is 5.92 Å². The van der Waals surface area contributed by atoms with E-state index in [1.165, 1.54) is 37.6 Å². The number of amides is 1. The number of aromatic nitrogens is 3. The van der Waals surface area contributed by atoms with Crippen molar-refractivity contribution in [1.29, 1.82) is 0 Å². The summed E-state index contributed by atoms with van der Waals surface area (Å²) in [5, 5.41) is 9.07. The van der Waals surface area contributed by atoms with Crippen LogP contribution in [-0.4, -0.2) is 64.3 Å². The predicted octanol–water partition coefficient (Wildman–Crippen LogP) is 3.75. The van der Waals surface area contributed by atoms with Gasteiger partial charge in [-0.2, -0.15) is 5.10 Å². The number of hydrogen-bond acceptors (Lipinski definition) is 5. The lowest BCUT2D eigenvalue weighted by Gasteiger charge is -2.35. The molecule has 7 heteroatoms. The van der Waals surface area contributed by atoms with Gasteiger partial charge in [-0.3, -0.25) is 9.48 Å². The molecule has 0 aliphatic carbocycles. The summed E-state index contributed by atoms with van der Waals surface area (Å²) in [5.41, 5.74) is 2.17. The average molecular weight is 441 g/mol. The summed E-state index contributed by atoms with van der Waals surface area (Å²) in [5.74, 6) is 1.36. The molecule has 2 aliphatic heterocycles. The van der Waals surface area contributed by atoms with Gasteiger partial charge in [0.15, 0.2) is 5.82 Å². The topological polar surface area (TPSA) is 66.3 Å². The number of carbonyl (C=O) groups excluding carboxylic acids is 1. The summed E-state index contributed by atoms with van der Waals surface area (Å²) in [4.78, 5) is 22.4. The molecule has 0 aromatic carbocycles. The molecule has 2 aromatic rings. The number of pyridine rings is 1. The molecular weight excluding hydrogens is 400 g/mol. The van der Waals surface area contributed by atoms with Gasteiger partial charge in [0.2, 0.25) is 5.91 Å². The Morgan fingerprint density at radius 1 is 1.16 bits per heavy atom. The molecule has 2 aromatic heterocycles. The molecule has 2 fully saturated rings. The summed E-state index contributed by atoms with van der Waals surface area (Å²) >= 11 is 0. The Hall–Kier alpha value is -2.15. The highest BCUT2D eigenvalue weighted by Gasteiger charge is 2.27. The number of fused-ring (bicyclic) bond motifs is 1. The molecule has 0 radical (unpaired) electrons. The fourth-order valence-electron chi connectivity index (χ4n) is 5.54. The minimum Gasteiger partial charge on any atom is -0.356 e. The quantitative estimate of drug-likeness (QED) is 0.634. The zero-order valence-electron chi connectivity index (χ0n) is 20.1. The number of carbonyl (C=O) groups is 1. The number of nitrogens with one attached hydrogen (secondary N) is 1. The molecule has 0 unspecified atom stereocenters. The van der Waals surface area contributed by atoms with E-state index in [1.807, 2.05) is 6.20 Å². The number of anilines is 1. The Labute approximate surface area is 192 Å². The molecular formula is C25H40N6O. The van der Waals surface area contributed by atoms with Crippen LogP contribution in [0.4, 0.5) is 5.82 Å². The molecule has 0 bridgehead atoms. The van der Waals surface area contributed by atoms with Crippen molar-refractivity contribution in [3.8, 4) is 0 Å². The fraction of sp³-hybridized carbons (Fsp3) is 0.720. The van der Waals surface area contributed by atoms with Crippen LogP contribution in [0.5, 0.6) is 0 Å². The van der Waals surface area contributed by atoms with Crippen LogP contribution in [-0.2, 0) is 11.3 Å². The van der Waals surface area contributed by atoms with Crippen LogP contribution in [0, 0.1) is 12.8 Å². The highest BCUT2D eigenvalue weighted by atomic mass is 16.1. The molecule has 0 spiro atoms. The zero-order chi connectivity index (χ0) is 22.5. The first-order chi connectivity index (χ1) is 15.6. The Kier molecular flexibility index (Phi) is 7.66. The summed E-state index contributed by atoms with van der Waals surface area (Å²) in [6.45, 7) is 12.2. The molecule has 1 N–H and O–H groups in total. The standard InChI is InChI=1S/C25H40N6O/c1-4-21-9-6-7-15-29(21)16-8-13-27-25(32)20-11-17-30(18-12-20)24-23-22(10-14-26-24)19(3)28-31(23)5-2/h10,14,20-21H,4-9,11-13,15-18H2,1-3H3,(H,27,32)/t21-/m0/s1. The smallest absolute Gasteiger partial charge is 0.223 e. The summed E-state index contributed by atoms with van der Waals surface area (Å²) < 4.78 is 2.05. The molecule has 2 saturated heterocycles. The van der Waals surface area contributed by atoms with E-state index in [0.29, 0.717) is 0 Å². The second kappa shape index (κ2) is 10.6. The normalized spacial score (nSPS) is 20.7. The molecule has 2 aliphatic rings. The number of rotatable bonds is 8. The predicted molar refractivity (Wildman–Crippen MR) is 130 cm³/mol. The van der Waals surface area contributed by atoms with Crippen molar-refractivity contribution >= 4 is 22.6 Å². The van der Waals surface area contributed by atoms with E-state index < -0.39 is 0 Å². The summed E-state index contributed by atoms with van der Waals surface area (Å²) in [7, 11) is 0. The Morgan fingerprint density at radius 3 is 2.72 bits per heavy atom.